The molecule has 252 valence electrons. The summed E-state index contributed by atoms with van der Waals surface area (Å²) < 4.78 is 8.84. The van der Waals surface area contributed by atoms with Gasteiger partial charge in [-0.05, 0) is 40.1 Å². The number of furan rings is 1. The minimum absolute atomic E-state index is 0.682. The third-order valence-electron chi connectivity index (χ3n) is 10.6. The second-order valence-electron chi connectivity index (χ2n) is 13.7. The Kier molecular flexibility index (Phi) is 6.82. The molecule has 0 bridgehead atoms. The largest absolute Gasteiger partial charge is 0.455 e. The molecule has 4 heteroatoms. The van der Waals surface area contributed by atoms with Crippen molar-refractivity contribution < 1.29 is 4.42 Å². The summed E-state index contributed by atoms with van der Waals surface area (Å²) in [4.78, 5) is 10.5. The molecule has 0 radical (unpaired) electrons. The Bertz CT molecular complexity index is 3150. The lowest BCUT2D eigenvalue weighted by molar-refractivity contribution is 0.670. The molecule has 3 heterocycles. The lowest BCUT2D eigenvalue weighted by Gasteiger charge is -2.14. The summed E-state index contributed by atoms with van der Waals surface area (Å²) in [5.41, 5.74) is 11.3. The van der Waals surface area contributed by atoms with Crippen molar-refractivity contribution >= 4 is 54.5 Å². The second-order valence-corrected chi connectivity index (χ2v) is 13.7. The molecule has 0 fully saturated rings. The van der Waals surface area contributed by atoms with E-state index < -0.39 is 0 Å². The maximum Gasteiger partial charge on any atom is 0.162 e. The molecule has 0 saturated carbocycles. The van der Waals surface area contributed by atoms with Crippen molar-refractivity contribution in [2.24, 2.45) is 0 Å². The fourth-order valence-corrected chi connectivity index (χ4v) is 8.16. The summed E-state index contributed by atoms with van der Waals surface area (Å²) in [6.07, 6.45) is 0. The quantitative estimate of drug-likeness (QED) is 0.181. The molecular formula is C50H31N3O. The van der Waals surface area contributed by atoms with Crippen LogP contribution in [0.3, 0.4) is 0 Å². The predicted octanol–water partition coefficient (Wildman–Crippen LogP) is 13.3. The molecule has 0 saturated heterocycles. The van der Waals surface area contributed by atoms with Crippen molar-refractivity contribution in [1.82, 2.24) is 14.5 Å². The number of nitrogens with zero attached hydrogens (tertiary/aromatic N) is 3. The lowest BCUT2D eigenvalue weighted by Crippen LogP contribution is -2.03. The Morgan fingerprint density at radius 3 is 1.89 bits per heavy atom. The summed E-state index contributed by atoms with van der Waals surface area (Å²) in [6, 6.07) is 66.1. The SMILES string of the molecule is c1ccc(-c2cc(-n3c4ccc5ccccc5c4c4cccc(-c5cccc(-c6cccc7c6oc6ccccc67)c5)c43)nc(-c3ccccc3)n2)cc1. The van der Waals surface area contributed by atoms with Crippen LogP contribution in [0.15, 0.2) is 192 Å². The Morgan fingerprint density at radius 2 is 1.06 bits per heavy atom. The molecule has 0 atom stereocenters. The second kappa shape index (κ2) is 12.1. The molecule has 3 aromatic heterocycles. The highest BCUT2D eigenvalue weighted by Gasteiger charge is 2.21. The molecule has 0 spiro atoms. The first-order valence-corrected chi connectivity index (χ1v) is 18.2. The van der Waals surface area contributed by atoms with Crippen LogP contribution in [0.1, 0.15) is 0 Å². The van der Waals surface area contributed by atoms with Gasteiger partial charge in [-0.3, -0.25) is 4.57 Å². The molecular weight excluding hydrogens is 659 g/mol. The van der Waals surface area contributed by atoms with Crippen LogP contribution in [0.5, 0.6) is 0 Å². The van der Waals surface area contributed by atoms with Crippen molar-refractivity contribution in [2.75, 3.05) is 0 Å². The molecule has 11 aromatic rings. The zero-order valence-corrected chi connectivity index (χ0v) is 29.1. The van der Waals surface area contributed by atoms with E-state index in [2.05, 4.69) is 156 Å². The summed E-state index contributed by atoms with van der Waals surface area (Å²) >= 11 is 0. The summed E-state index contributed by atoms with van der Waals surface area (Å²) in [7, 11) is 0. The fourth-order valence-electron chi connectivity index (χ4n) is 8.16. The van der Waals surface area contributed by atoms with Crippen LogP contribution < -0.4 is 0 Å². The van der Waals surface area contributed by atoms with Gasteiger partial charge in [0.2, 0.25) is 0 Å². The Hall–Kier alpha value is -7.30. The van der Waals surface area contributed by atoms with Crippen LogP contribution in [-0.4, -0.2) is 14.5 Å². The molecule has 0 unspecified atom stereocenters. The maximum atomic E-state index is 6.49. The van der Waals surface area contributed by atoms with E-state index in [0.717, 1.165) is 77.9 Å². The van der Waals surface area contributed by atoms with Gasteiger partial charge >= 0.3 is 0 Å². The maximum absolute atomic E-state index is 6.49. The van der Waals surface area contributed by atoms with Gasteiger partial charge in [0, 0.05) is 49.9 Å². The van der Waals surface area contributed by atoms with E-state index in [-0.39, 0.29) is 0 Å². The number of aromatic nitrogens is 3. The highest BCUT2D eigenvalue weighted by atomic mass is 16.3. The van der Waals surface area contributed by atoms with Crippen LogP contribution >= 0.6 is 0 Å². The van der Waals surface area contributed by atoms with E-state index in [4.69, 9.17) is 14.4 Å². The molecule has 0 N–H and O–H groups in total. The molecule has 0 amide bonds. The number of fused-ring (bicyclic) bond motifs is 8. The summed E-state index contributed by atoms with van der Waals surface area (Å²) in [6.45, 7) is 0. The molecule has 4 nitrogen and oxygen atoms in total. The third kappa shape index (κ3) is 4.78. The summed E-state index contributed by atoms with van der Waals surface area (Å²) in [5.74, 6) is 1.50. The van der Waals surface area contributed by atoms with Crippen molar-refractivity contribution in [3.8, 4) is 50.7 Å². The fraction of sp³-hybridized carbons (Fsp3) is 0. The van der Waals surface area contributed by atoms with Crippen LogP contribution in [0.4, 0.5) is 0 Å². The average molecular weight is 690 g/mol. The minimum Gasteiger partial charge on any atom is -0.455 e. The number of hydrogen-bond donors (Lipinski definition) is 0. The van der Waals surface area contributed by atoms with Gasteiger partial charge in [0.15, 0.2) is 5.82 Å². The molecule has 8 aromatic carbocycles. The Labute approximate surface area is 311 Å². The first-order valence-electron chi connectivity index (χ1n) is 18.2. The first-order chi connectivity index (χ1) is 26.8. The molecule has 11 rings (SSSR count). The van der Waals surface area contributed by atoms with E-state index in [1.54, 1.807) is 0 Å². The topological polar surface area (TPSA) is 43.9 Å². The highest BCUT2D eigenvalue weighted by molar-refractivity contribution is 6.23. The molecule has 0 aliphatic rings. The van der Waals surface area contributed by atoms with Gasteiger partial charge in [0.25, 0.3) is 0 Å². The zero-order chi connectivity index (χ0) is 35.6. The summed E-state index contributed by atoms with van der Waals surface area (Å²) in [5, 5.41) is 7.03. The van der Waals surface area contributed by atoms with Crippen molar-refractivity contribution in [3.63, 3.8) is 0 Å². The zero-order valence-electron chi connectivity index (χ0n) is 29.1. The normalized spacial score (nSPS) is 11.7. The first kappa shape index (κ1) is 30.3. The predicted molar refractivity (Wildman–Crippen MR) is 223 cm³/mol. The van der Waals surface area contributed by atoms with Gasteiger partial charge in [0.05, 0.1) is 16.7 Å². The van der Waals surface area contributed by atoms with E-state index in [1.807, 2.05) is 36.4 Å². The van der Waals surface area contributed by atoms with Gasteiger partial charge in [-0.15, -0.1) is 0 Å². The van der Waals surface area contributed by atoms with Gasteiger partial charge in [-0.1, -0.05) is 164 Å². The van der Waals surface area contributed by atoms with E-state index in [0.29, 0.717) is 5.82 Å². The monoisotopic (exact) mass is 689 g/mol. The molecule has 0 aliphatic heterocycles. The molecule has 54 heavy (non-hydrogen) atoms. The molecule has 0 aliphatic carbocycles. The third-order valence-corrected chi connectivity index (χ3v) is 10.6. The average Bonchev–Trinajstić information content (AvgIpc) is 3.81. The van der Waals surface area contributed by atoms with Crippen LogP contribution in [-0.2, 0) is 0 Å². The van der Waals surface area contributed by atoms with Crippen molar-refractivity contribution in [3.05, 3.63) is 188 Å². The van der Waals surface area contributed by atoms with Crippen molar-refractivity contribution in [1.29, 1.82) is 0 Å². The van der Waals surface area contributed by atoms with Gasteiger partial charge in [-0.25, -0.2) is 9.97 Å². The van der Waals surface area contributed by atoms with Gasteiger partial charge in [-0.2, -0.15) is 0 Å². The lowest BCUT2D eigenvalue weighted by atomic mass is 9.96. The van der Waals surface area contributed by atoms with E-state index in [9.17, 15) is 0 Å². The van der Waals surface area contributed by atoms with E-state index in [1.165, 1.54) is 21.5 Å². The Balaban J connectivity index is 1.21. The number of benzene rings is 8. The minimum atomic E-state index is 0.682. The van der Waals surface area contributed by atoms with Crippen LogP contribution in [0.2, 0.25) is 0 Å². The van der Waals surface area contributed by atoms with Crippen LogP contribution in [0, 0.1) is 0 Å². The smallest absolute Gasteiger partial charge is 0.162 e. The van der Waals surface area contributed by atoms with Crippen LogP contribution in [0.25, 0.3) is 105 Å². The highest BCUT2D eigenvalue weighted by Crippen LogP contribution is 2.43. The van der Waals surface area contributed by atoms with Crippen molar-refractivity contribution in [2.45, 2.75) is 0 Å². The number of para-hydroxylation sites is 3. The van der Waals surface area contributed by atoms with Gasteiger partial charge < -0.3 is 4.42 Å². The van der Waals surface area contributed by atoms with E-state index >= 15 is 0 Å². The Morgan fingerprint density at radius 1 is 0.426 bits per heavy atom. The van der Waals surface area contributed by atoms with Gasteiger partial charge in [0.1, 0.15) is 17.0 Å². The number of rotatable bonds is 5. The number of hydrogen-bond acceptors (Lipinski definition) is 3. The standard InChI is InChI=1S/C50H31N3O/c1-3-15-33(16-4-1)43-31-46(52-50(51-43)34-17-5-2-6-18-34)53-44-29-28-32-14-7-8-21-37(32)47(44)42-26-12-23-38(48(42)53)35-19-11-20-36(30-35)39-24-13-25-41-40-22-9-10-27-45(40)54-49(39)41/h1-31H.